The molecule has 0 atom stereocenters. The van der Waals surface area contributed by atoms with Crippen LogP contribution in [-0.2, 0) is 4.79 Å². The predicted octanol–water partition coefficient (Wildman–Crippen LogP) is 3.73. The van der Waals surface area contributed by atoms with Crippen molar-refractivity contribution in [2.75, 3.05) is 6.61 Å². The normalized spacial score (nSPS) is 10.2. The summed E-state index contributed by atoms with van der Waals surface area (Å²) in [5, 5.41) is 0. The number of halogens is 2. The summed E-state index contributed by atoms with van der Waals surface area (Å²) in [6.07, 6.45) is 2.24. The van der Waals surface area contributed by atoms with Gasteiger partial charge in [-0.3, -0.25) is 0 Å². The van der Waals surface area contributed by atoms with E-state index in [1.807, 2.05) is 0 Å². The maximum Gasteiger partial charge on any atom is 0.133 e. The molecule has 0 saturated heterocycles. The molecule has 0 aliphatic rings. The van der Waals surface area contributed by atoms with Gasteiger partial charge in [-0.1, -0.05) is 0 Å². The van der Waals surface area contributed by atoms with Gasteiger partial charge < -0.3 is 9.53 Å². The average molecular weight is 289 g/mol. The lowest BCUT2D eigenvalue weighted by Crippen LogP contribution is -1.99. The molecule has 16 heavy (non-hydrogen) atoms. The molecule has 0 aliphatic carbocycles. The first-order valence-corrected chi connectivity index (χ1v) is 5.96. The molecular weight excluding hydrogens is 275 g/mol. The third-order valence-corrected chi connectivity index (χ3v) is 2.69. The van der Waals surface area contributed by atoms with Gasteiger partial charge in [0, 0.05) is 6.42 Å². The zero-order valence-electron chi connectivity index (χ0n) is 9.13. The summed E-state index contributed by atoms with van der Waals surface area (Å²) in [6, 6.07) is 4.31. The molecule has 0 unspecified atom stereocenters. The lowest BCUT2D eigenvalue weighted by Gasteiger charge is -2.07. The fraction of sp³-hybridized carbons (Fsp3) is 0.417. The quantitative estimate of drug-likeness (QED) is 0.746. The highest BCUT2D eigenvalue weighted by Gasteiger charge is 2.02. The summed E-state index contributed by atoms with van der Waals surface area (Å²) >= 11 is 3.22. The Labute approximate surface area is 103 Å². The van der Waals surface area contributed by atoms with Crippen molar-refractivity contribution in [1.29, 1.82) is 0 Å². The van der Waals surface area contributed by atoms with Gasteiger partial charge in [-0.2, -0.15) is 0 Å². The average Bonchev–Trinajstić information content (AvgIpc) is 2.20. The van der Waals surface area contributed by atoms with Crippen LogP contribution in [-0.4, -0.2) is 12.4 Å². The minimum absolute atomic E-state index is 0.197. The van der Waals surface area contributed by atoms with E-state index in [0.29, 0.717) is 23.2 Å². The summed E-state index contributed by atoms with van der Waals surface area (Å²) in [4.78, 5) is 10.7. The maximum absolute atomic E-state index is 12.8. The summed E-state index contributed by atoms with van der Waals surface area (Å²) in [5.74, 6) is 0.531. The van der Waals surface area contributed by atoms with Crippen molar-refractivity contribution in [2.45, 2.75) is 26.2 Å². The molecule has 0 radical (unpaired) electrons. The van der Waals surface area contributed by atoms with Crippen LogP contribution in [0.3, 0.4) is 0 Å². The molecule has 0 spiro atoms. The van der Waals surface area contributed by atoms with Crippen LogP contribution in [0.5, 0.6) is 5.75 Å². The third-order valence-electron chi connectivity index (χ3n) is 2.07. The number of carbonyl (C=O) groups is 1. The van der Waals surface area contributed by atoms with Crippen LogP contribution in [0.15, 0.2) is 22.7 Å². The van der Waals surface area contributed by atoms with Crippen LogP contribution in [0.25, 0.3) is 0 Å². The van der Waals surface area contributed by atoms with Crippen molar-refractivity contribution >= 4 is 21.7 Å². The standard InChI is InChI=1S/C12H14BrFO2/c1-9(15)4-2-3-7-16-12-6-5-10(14)8-11(12)13/h5-6,8H,2-4,7H2,1H3. The van der Waals surface area contributed by atoms with Crippen LogP contribution >= 0.6 is 15.9 Å². The van der Waals surface area contributed by atoms with Gasteiger partial charge in [-0.15, -0.1) is 0 Å². The highest BCUT2D eigenvalue weighted by molar-refractivity contribution is 9.10. The van der Waals surface area contributed by atoms with Crippen LogP contribution in [0.2, 0.25) is 0 Å². The number of unbranched alkanes of at least 4 members (excludes halogenated alkanes) is 1. The zero-order chi connectivity index (χ0) is 12.0. The maximum atomic E-state index is 12.8. The van der Waals surface area contributed by atoms with E-state index in [2.05, 4.69) is 15.9 Å². The van der Waals surface area contributed by atoms with Crippen molar-refractivity contribution in [3.8, 4) is 5.75 Å². The summed E-state index contributed by atoms with van der Waals surface area (Å²) in [7, 11) is 0. The predicted molar refractivity (Wildman–Crippen MR) is 64.1 cm³/mol. The Hall–Kier alpha value is -0.900. The molecule has 0 heterocycles. The smallest absolute Gasteiger partial charge is 0.133 e. The molecule has 0 aromatic heterocycles. The second kappa shape index (κ2) is 6.63. The number of hydrogen-bond acceptors (Lipinski definition) is 2. The lowest BCUT2D eigenvalue weighted by molar-refractivity contribution is -0.117. The van der Waals surface area contributed by atoms with Crippen molar-refractivity contribution in [3.63, 3.8) is 0 Å². The molecular formula is C12H14BrFO2. The number of ketones is 1. The Morgan fingerprint density at radius 1 is 1.44 bits per heavy atom. The van der Waals surface area contributed by atoms with Gasteiger partial charge in [0.15, 0.2) is 0 Å². The molecule has 1 rings (SSSR count). The van der Waals surface area contributed by atoms with Crippen molar-refractivity contribution in [2.24, 2.45) is 0 Å². The highest BCUT2D eigenvalue weighted by Crippen LogP contribution is 2.25. The Morgan fingerprint density at radius 3 is 2.81 bits per heavy atom. The molecule has 0 amide bonds. The van der Waals surface area contributed by atoms with E-state index >= 15 is 0 Å². The largest absolute Gasteiger partial charge is 0.492 e. The van der Waals surface area contributed by atoms with E-state index < -0.39 is 0 Å². The molecule has 0 saturated carbocycles. The van der Waals surface area contributed by atoms with E-state index in [1.54, 1.807) is 13.0 Å². The van der Waals surface area contributed by atoms with Gasteiger partial charge >= 0.3 is 0 Å². The SMILES string of the molecule is CC(=O)CCCCOc1ccc(F)cc1Br. The fourth-order valence-corrected chi connectivity index (χ4v) is 1.72. The topological polar surface area (TPSA) is 26.3 Å². The number of rotatable bonds is 6. The number of benzene rings is 1. The number of hydrogen-bond donors (Lipinski definition) is 0. The van der Waals surface area contributed by atoms with Crippen LogP contribution < -0.4 is 4.74 Å². The molecule has 1 aromatic rings. The van der Waals surface area contributed by atoms with E-state index in [0.717, 1.165) is 12.8 Å². The molecule has 0 N–H and O–H groups in total. The molecule has 1 aromatic carbocycles. The lowest BCUT2D eigenvalue weighted by atomic mass is 10.2. The van der Waals surface area contributed by atoms with Crippen LogP contribution in [0.1, 0.15) is 26.2 Å². The Morgan fingerprint density at radius 2 is 2.19 bits per heavy atom. The van der Waals surface area contributed by atoms with E-state index in [9.17, 15) is 9.18 Å². The molecule has 88 valence electrons. The minimum atomic E-state index is -0.296. The fourth-order valence-electron chi connectivity index (χ4n) is 1.25. The minimum Gasteiger partial charge on any atom is -0.492 e. The van der Waals surface area contributed by atoms with Crippen molar-refractivity contribution in [3.05, 3.63) is 28.5 Å². The Bertz CT molecular complexity index is 366. The first-order chi connectivity index (χ1) is 7.59. The van der Waals surface area contributed by atoms with E-state index in [4.69, 9.17) is 4.74 Å². The summed E-state index contributed by atoms with van der Waals surface area (Å²) < 4.78 is 18.8. The van der Waals surface area contributed by atoms with Gasteiger partial charge in [0.2, 0.25) is 0 Å². The van der Waals surface area contributed by atoms with Crippen LogP contribution in [0, 0.1) is 5.82 Å². The van der Waals surface area contributed by atoms with Gasteiger partial charge in [-0.25, -0.2) is 4.39 Å². The molecule has 0 fully saturated rings. The second-order valence-corrected chi connectivity index (χ2v) is 4.44. The Kier molecular flexibility index (Phi) is 5.46. The molecule has 0 aliphatic heterocycles. The monoisotopic (exact) mass is 288 g/mol. The second-order valence-electron chi connectivity index (χ2n) is 3.58. The Balaban J connectivity index is 2.29. The van der Waals surface area contributed by atoms with E-state index in [1.165, 1.54) is 12.1 Å². The van der Waals surface area contributed by atoms with Gasteiger partial charge in [0.05, 0.1) is 11.1 Å². The number of carbonyl (C=O) groups excluding carboxylic acids is 1. The van der Waals surface area contributed by atoms with Gasteiger partial charge in [0.1, 0.15) is 17.3 Å². The zero-order valence-corrected chi connectivity index (χ0v) is 10.7. The molecule has 0 bridgehead atoms. The highest BCUT2D eigenvalue weighted by atomic mass is 79.9. The molecule has 4 heteroatoms. The van der Waals surface area contributed by atoms with Crippen LogP contribution in [0.4, 0.5) is 4.39 Å². The first-order valence-electron chi connectivity index (χ1n) is 5.17. The van der Waals surface area contributed by atoms with E-state index in [-0.39, 0.29) is 11.6 Å². The van der Waals surface area contributed by atoms with Gasteiger partial charge in [0.25, 0.3) is 0 Å². The van der Waals surface area contributed by atoms with Crippen molar-refractivity contribution in [1.82, 2.24) is 0 Å². The van der Waals surface area contributed by atoms with Gasteiger partial charge in [-0.05, 0) is 53.9 Å². The molecule has 2 nitrogen and oxygen atoms in total. The number of Topliss-reactive ketones (excluding diaryl/α,β-unsaturated/α-hetero) is 1. The first kappa shape index (κ1) is 13.2. The van der Waals surface area contributed by atoms with Crippen molar-refractivity contribution < 1.29 is 13.9 Å². The number of ether oxygens (including phenoxy) is 1. The third kappa shape index (κ3) is 4.75. The summed E-state index contributed by atoms with van der Waals surface area (Å²) in [5.41, 5.74) is 0. The summed E-state index contributed by atoms with van der Waals surface area (Å²) in [6.45, 7) is 2.12.